The van der Waals surface area contributed by atoms with E-state index in [2.05, 4.69) is 12.2 Å². The van der Waals surface area contributed by atoms with Gasteiger partial charge < -0.3 is 14.8 Å². The monoisotopic (exact) mass is 321 g/mol. The van der Waals surface area contributed by atoms with E-state index in [1.165, 1.54) is 0 Å². The molecule has 0 aliphatic heterocycles. The minimum absolute atomic E-state index is 0.0454. The van der Waals surface area contributed by atoms with Crippen LogP contribution in [0.1, 0.15) is 49.5 Å². The van der Waals surface area contributed by atoms with E-state index in [4.69, 9.17) is 9.47 Å². The first-order valence-corrected chi connectivity index (χ1v) is 8.22. The number of nitrogens with one attached hydrogen (secondary N) is 1. The van der Waals surface area contributed by atoms with Gasteiger partial charge >= 0.3 is 11.9 Å². The van der Waals surface area contributed by atoms with Crippen molar-refractivity contribution in [3.05, 3.63) is 35.4 Å². The van der Waals surface area contributed by atoms with Crippen LogP contribution in [0.4, 0.5) is 0 Å². The summed E-state index contributed by atoms with van der Waals surface area (Å²) in [6.45, 7) is 6.79. The van der Waals surface area contributed by atoms with Gasteiger partial charge in [-0.3, -0.25) is 4.79 Å². The van der Waals surface area contributed by atoms with E-state index < -0.39 is 0 Å². The summed E-state index contributed by atoms with van der Waals surface area (Å²) >= 11 is 0. The van der Waals surface area contributed by atoms with E-state index in [0.717, 1.165) is 18.4 Å². The summed E-state index contributed by atoms with van der Waals surface area (Å²) in [4.78, 5) is 23.5. The van der Waals surface area contributed by atoms with Crippen molar-refractivity contribution in [1.29, 1.82) is 0 Å². The summed E-state index contributed by atoms with van der Waals surface area (Å²) in [6.07, 6.45) is 2.49. The van der Waals surface area contributed by atoms with Crippen LogP contribution in [0.3, 0.4) is 0 Å². The van der Waals surface area contributed by atoms with Crippen molar-refractivity contribution in [2.45, 2.75) is 46.1 Å². The second-order valence-corrected chi connectivity index (χ2v) is 5.44. The number of unbranched alkanes of at least 4 members (excludes halogenated alkanes) is 1. The molecule has 0 heterocycles. The van der Waals surface area contributed by atoms with Gasteiger partial charge in [0.2, 0.25) is 0 Å². The number of carbonyl (C=O) groups excluding carboxylic acids is 2. The van der Waals surface area contributed by atoms with E-state index >= 15 is 0 Å². The first-order chi connectivity index (χ1) is 11.1. The van der Waals surface area contributed by atoms with Gasteiger partial charge in [-0.1, -0.05) is 31.5 Å². The van der Waals surface area contributed by atoms with Crippen molar-refractivity contribution in [3.63, 3.8) is 0 Å². The van der Waals surface area contributed by atoms with Crippen molar-refractivity contribution in [2.75, 3.05) is 19.8 Å². The molecule has 23 heavy (non-hydrogen) atoms. The molecule has 0 saturated heterocycles. The van der Waals surface area contributed by atoms with Gasteiger partial charge in [0, 0.05) is 6.04 Å². The molecular formula is C18H27NO4. The molecule has 0 aliphatic rings. The van der Waals surface area contributed by atoms with Crippen LogP contribution in [0.15, 0.2) is 24.3 Å². The molecule has 1 N–H and O–H groups in total. The quantitative estimate of drug-likeness (QED) is 0.530. The highest BCUT2D eigenvalue weighted by atomic mass is 16.5. The molecule has 0 bridgehead atoms. The van der Waals surface area contributed by atoms with Crippen molar-refractivity contribution in [3.8, 4) is 0 Å². The van der Waals surface area contributed by atoms with Gasteiger partial charge in [-0.2, -0.15) is 0 Å². The fourth-order valence-electron chi connectivity index (χ4n) is 2.16. The third kappa shape index (κ3) is 7.28. The first-order valence-electron chi connectivity index (χ1n) is 8.22. The number of benzene rings is 1. The molecular weight excluding hydrogens is 294 g/mol. The fraction of sp³-hybridized carbons (Fsp3) is 0.556. The van der Waals surface area contributed by atoms with Gasteiger partial charge in [0.15, 0.2) is 0 Å². The molecule has 1 aromatic carbocycles. The predicted molar refractivity (Wildman–Crippen MR) is 89.4 cm³/mol. The number of hydrogen-bond donors (Lipinski definition) is 1. The summed E-state index contributed by atoms with van der Waals surface area (Å²) in [6, 6.07) is 7.47. The molecule has 0 amide bonds. The highest BCUT2D eigenvalue weighted by Gasteiger charge is 2.15. The normalized spacial score (nSPS) is 11.8. The van der Waals surface area contributed by atoms with E-state index in [0.29, 0.717) is 25.2 Å². The van der Waals surface area contributed by atoms with Crippen LogP contribution in [-0.4, -0.2) is 37.7 Å². The molecule has 128 valence electrons. The molecule has 5 heteroatoms. The van der Waals surface area contributed by atoms with Crippen molar-refractivity contribution < 1.29 is 19.1 Å². The third-order valence-corrected chi connectivity index (χ3v) is 3.39. The number of esters is 2. The number of hydrogen-bond acceptors (Lipinski definition) is 5. The molecule has 0 radical (unpaired) electrons. The van der Waals surface area contributed by atoms with Crippen LogP contribution in [0.25, 0.3) is 0 Å². The van der Waals surface area contributed by atoms with Gasteiger partial charge in [0.05, 0.1) is 25.3 Å². The van der Waals surface area contributed by atoms with Crippen molar-refractivity contribution >= 4 is 11.9 Å². The summed E-state index contributed by atoms with van der Waals surface area (Å²) in [7, 11) is 0. The maximum Gasteiger partial charge on any atom is 0.338 e. The maximum atomic E-state index is 12.2. The highest BCUT2D eigenvalue weighted by Crippen LogP contribution is 2.13. The predicted octanol–water partition coefficient (Wildman–Crippen LogP) is 2.73. The average Bonchev–Trinajstić information content (AvgIpc) is 2.54. The Hall–Kier alpha value is -1.88. The van der Waals surface area contributed by atoms with Crippen molar-refractivity contribution in [1.82, 2.24) is 5.32 Å². The summed E-state index contributed by atoms with van der Waals surface area (Å²) in [5.41, 5.74) is 1.51. The Labute approximate surface area is 138 Å². The first kappa shape index (κ1) is 19.2. The number of ether oxygens (including phenoxy) is 2. The largest absolute Gasteiger partial charge is 0.465 e. The molecule has 0 aliphatic carbocycles. The molecule has 0 fully saturated rings. The van der Waals surface area contributed by atoms with Gasteiger partial charge in [-0.05, 0) is 38.3 Å². The van der Waals surface area contributed by atoms with Gasteiger partial charge in [0.1, 0.15) is 0 Å². The Morgan fingerprint density at radius 2 is 1.91 bits per heavy atom. The van der Waals surface area contributed by atoms with Crippen LogP contribution < -0.4 is 5.32 Å². The summed E-state index contributed by atoms with van der Waals surface area (Å²) in [5.74, 6) is -0.557. The topological polar surface area (TPSA) is 64.6 Å². The van der Waals surface area contributed by atoms with E-state index in [9.17, 15) is 9.59 Å². The molecule has 0 spiro atoms. The number of rotatable bonds is 10. The molecule has 1 unspecified atom stereocenters. The smallest absolute Gasteiger partial charge is 0.338 e. The zero-order chi connectivity index (χ0) is 17.1. The Morgan fingerprint density at radius 3 is 2.61 bits per heavy atom. The molecule has 5 nitrogen and oxygen atoms in total. The lowest BCUT2D eigenvalue weighted by molar-refractivity contribution is -0.142. The Balaban J connectivity index is 2.59. The van der Waals surface area contributed by atoms with Crippen LogP contribution >= 0.6 is 0 Å². The minimum Gasteiger partial charge on any atom is -0.465 e. The second kappa shape index (κ2) is 10.8. The molecule has 1 atom stereocenters. The van der Waals surface area contributed by atoms with E-state index in [1.54, 1.807) is 13.0 Å². The third-order valence-electron chi connectivity index (χ3n) is 3.39. The fourth-order valence-corrected chi connectivity index (χ4v) is 2.16. The molecule has 0 aromatic heterocycles. The Morgan fingerprint density at radius 1 is 1.17 bits per heavy atom. The van der Waals surface area contributed by atoms with Gasteiger partial charge in [-0.15, -0.1) is 0 Å². The minimum atomic E-state index is -0.286. The van der Waals surface area contributed by atoms with Gasteiger partial charge in [-0.25, -0.2) is 4.79 Å². The lowest BCUT2D eigenvalue weighted by Gasteiger charge is -2.15. The summed E-state index contributed by atoms with van der Waals surface area (Å²) in [5, 5.41) is 3.11. The Bertz CT molecular complexity index is 502. The van der Waals surface area contributed by atoms with Crippen molar-refractivity contribution in [2.24, 2.45) is 0 Å². The average molecular weight is 321 g/mol. The Kier molecular flexibility index (Phi) is 8.98. The van der Waals surface area contributed by atoms with Crippen LogP contribution in [0.2, 0.25) is 0 Å². The SMILES string of the molecule is CCCCOC(=O)c1ccccc1CC(C)NCC(=O)OCC. The second-order valence-electron chi connectivity index (χ2n) is 5.44. The lowest BCUT2D eigenvalue weighted by atomic mass is 10.0. The van der Waals surface area contributed by atoms with Crippen LogP contribution in [0, 0.1) is 0 Å². The molecule has 1 rings (SSSR count). The maximum absolute atomic E-state index is 12.2. The lowest BCUT2D eigenvalue weighted by Crippen LogP contribution is -2.34. The van der Waals surface area contributed by atoms with Crippen LogP contribution in [-0.2, 0) is 20.7 Å². The zero-order valence-corrected chi connectivity index (χ0v) is 14.3. The van der Waals surface area contributed by atoms with Gasteiger partial charge in [0.25, 0.3) is 0 Å². The summed E-state index contributed by atoms with van der Waals surface area (Å²) < 4.78 is 10.2. The molecule has 0 saturated carbocycles. The standard InChI is InChI=1S/C18H27NO4/c1-4-6-11-23-18(21)16-10-8-7-9-15(16)12-14(3)19-13-17(20)22-5-2/h7-10,14,19H,4-6,11-13H2,1-3H3. The van der Waals surface area contributed by atoms with E-state index in [1.807, 2.05) is 25.1 Å². The molecule has 1 aromatic rings. The highest BCUT2D eigenvalue weighted by molar-refractivity contribution is 5.91. The van der Waals surface area contributed by atoms with Crippen LogP contribution in [0.5, 0.6) is 0 Å². The zero-order valence-electron chi connectivity index (χ0n) is 14.3. The van der Waals surface area contributed by atoms with E-state index in [-0.39, 0.29) is 24.5 Å². The number of carbonyl (C=O) groups is 2.